The molecule has 0 saturated carbocycles. The van der Waals surface area contributed by atoms with Crippen LogP contribution in [0.1, 0.15) is 27.5 Å². The number of likely N-dealkylation sites (N-methyl/N-ethyl adjacent to an activating group) is 1. The van der Waals surface area contributed by atoms with Gasteiger partial charge in [0.05, 0.1) is 6.04 Å². The van der Waals surface area contributed by atoms with Crippen LogP contribution in [0.4, 0.5) is 0 Å². The van der Waals surface area contributed by atoms with E-state index < -0.39 is 0 Å². The fourth-order valence-electron chi connectivity index (χ4n) is 2.14. The Labute approximate surface area is 124 Å². The van der Waals surface area contributed by atoms with Crippen molar-refractivity contribution in [1.29, 1.82) is 0 Å². The van der Waals surface area contributed by atoms with Crippen molar-refractivity contribution in [2.24, 2.45) is 0 Å². The highest BCUT2D eigenvalue weighted by Gasteiger charge is 2.16. The molecule has 1 amide bonds. The van der Waals surface area contributed by atoms with Crippen LogP contribution in [0.15, 0.2) is 41.1 Å². The molecule has 1 aromatic heterocycles. The third-order valence-electron chi connectivity index (χ3n) is 3.29. The van der Waals surface area contributed by atoms with Crippen LogP contribution in [0, 0.1) is 6.92 Å². The van der Waals surface area contributed by atoms with Gasteiger partial charge in [-0.1, -0.05) is 17.7 Å². The van der Waals surface area contributed by atoms with E-state index in [2.05, 4.69) is 27.0 Å². The van der Waals surface area contributed by atoms with Crippen molar-refractivity contribution in [2.45, 2.75) is 13.0 Å². The zero-order chi connectivity index (χ0) is 14.5. The number of aryl methyl sites for hydroxylation is 1. The predicted molar refractivity (Wildman–Crippen MR) is 84.3 cm³/mol. The van der Waals surface area contributed by atoms with Gasteiger partial charge in [-0.25, -0.2) is 0 Å². The third kappa shape index (κ3) is 3.68. The quantitative estimate of drug-likeness (QED) is 0.917. The van der Waals surface area contributed by atoms with Gasteiger partial charge in [-0.3, -0.25) is 4.79 Å². The van der Waals surface area contributed by atoms with E-state index in [1.807, 2.05) is 45.3 Å². The van der Waals surface area contributed by atoms with Gasteiger partial charge >= 0.3 is 0 Å². The topological polar surface area (TPSA) is 32.3 Å². The molecule has 0 radical (unpaired) electrons. The van der Waals surface area contributed by atoms with E-state index in [-0.39, 0.29) is 11.9 Å². The monoisotopic (exact) mass is 288 g/mol. The molecule has 3 nitrogen and oxygen atoms in total. The van der Waals surface area contributed by atoms with Crippen LogP contribution in [0.25, 0.3) is 0 Å². The lowest BCUT2D eigenvalue weighted by Gasteiger charge is -2.24. The van der Waals surface area contributed by atoms with Crippen molar-refractivity contribution in [3.05, 3.63) is 57.8 Å². The van der Waals surface area contributed by atoms with Crippen molar-refractivity contribution in [3.63, 3.8) is 0 Å². The Bertz CT molecular complexity index is 564. The molecule has 1 N–H and O–H groups in total. The normalized spacial score (nSPS) is 12.4. The molecule has 0 spiro atoms. The molecule has 0 bridgehead atoms. The molecule has 2 aromatic rings. The molecule has 1 heterocycles. The Morgan fingerprint density at radius 2 is 2.15 bits per heavy atom. The van der Waals surface area contributed by atoms with Gasteiger partial charge in [-0.15, -0.1) is 0 Å². The smallest absolute Gasteiger partial charge is 0.251 e. The van der Waals surface area contributed by atoms with E-state index in [0.29, 0.717) is 12.1 Å². The summed E-state index contributed by atoms with van der Waals surface area (Å²) in [7, 11) is 4.06. The number of carbonyl (C=O) groups is 1. The lowest BCUT2D eigenvalue weighted by Crippen LogP contribution is -2.34. The number of amides is 1. The van der Waals surface area contributed by atoms with Gasteiger partial charge in [-0.2, -0.15) is 11.3 Å². The van der Waals surface area contributed by atoms with E-state index in [9.17, 15) is 4.79 Å². The molecule has 0 saturated heterocycles. The molecule has 0 aliphatic heterocycles. The van der Waals surface area contributed by atoms with Gasteiger partial charge < -0.3 is 10.2 Å². The summed E-state index contributed by atoms with van der Waals surface area (Å²) in [6, 6.07) is 9.96. The number of nitrogens with one attached hydrogen (secondary N) is 1. The first-order valence-corrected chi connectivity index (χ1v) is 7.55. The maximum Gasteiger partial charge on any atom is 0.251 e. The number of thiophene rings is 1. The average molecular weight is 288 g/mol. The van der Waals surface area contributed by atoms with Crippen molar-refractivity contribution in [1.82, 2.24) is 10.2 Å². The Morgan fingerprint density at radius 1 is 1.35 bits per heavy atom. The summed E-state index contributed by atoms with van der Waals surface area (Å²) in [6.07, 6.45) is 0. The number of hydrogen-bond acceptors (Lipinski definition) is 3. The van der Waals surface area contributed by atoms with E-state index in [1.54, 1.807) is 11.3 Å². The van der Waals surface area contributed by atoms with E-state index in [0.717, 1.165) is 5.56 Å². The highest BCUT2D eigenvalue weighted by molar-refractivity contribution is 7.07. The minimum absolute atomic E-state index is 0.0178. The van der Waals surface area contributed by atoms with Gasteiger partial charge in [0.1, 0.15) is 0 Å². The Kier molecular flexibility index (Phi) is 4.93. The van der Waals surface area contributed by atoms with Gasteiger partial charge in [0.25, 0.3) is 5.91 Å². The summed E-state index contributed by atoms with van der Waals surface area (Å²) in [5.74, 6) is -0.0178. The number of benzene rings is 1. The number of carbonyl (C=O) groups excluding carboxylic acids is 1. The summed E-state index contributed by atoms with van der Waals surface area (Å²) >= 11 is 1.68. The zero-order valence-corrected chi connectivity index (χ0v) is 12.9. The zero-order valence-electron chi connectivity index (χ0n) is 12.1. The molecule has 0 unspecified atom stereocenters. The molecule has 106 valence electrons. The summed E-state index contributed by atoms with van der Waals surface area (Å²) in [5, 5.41) is 7.21. The minimum atomic E-state index is -0.0178. The molecule has 0 aliphatic carbocycles. The van der Waals surface area contributed by atoms with Gasteiger partial charge in [0.2, 0.25) is 0 Å². The summed E-state index contributed by atoms with van der Waals surface area (Å²) < 4.78 is 0. The highest BCUT2D eigenvalue weighted by Crippen LogP contribution is 2.20. The summed E-state index contributed by atoms with van der Waals surface area (Å²) in [4.78, 5) is 14.3. The largest absolute Gasteiger partial charge is 0.350 e. The standard InChI is InChI=1S/C16H20N2OS/c1-12-5-4-6-13(9-12)16(19)17-10-15(18(2)3)14-7-8-20-11-14/h4-9,11,15H,10H2,1-3H3,(H,17,19)/t15-/m1/s1. The summed E-state index contributed by atoms with van der Waals surface area (Å²) in [5.41, 5.74) is 3.05. The van der Waals surface area contributed by atoms with E-state index in [1.165, 1.54) is 5.56 Å². The SMILES string of the molecule is Cc1cccc(C(=O)NC[C@H](c2ccsc2)N(C)C)c1. The molecule has 0 aliphatic rings. The summed E-state index contributed by atoms with van der Waals surface area (Å²) in [6.45, 7) is 2.60. The van der Waals surface area contributed by atoms with Gasteiger partial charge in [-0.05, 0) is 55.5 Å². The highest BCUT2D eigenvalue weighted by atomic mass is 32.1. The Balaban J connectivity index is 2.01. The molecule has 0 fully saturated rings. The fourth-order valence-corrected chi connectivity index (χ4v) is 2.85. The van der Waals surface area contributed by atoms with Crippen LogP contribution < -0.4 is 5.32 Å². The van der Waals surface area contributed by atoms with Crippen molar-refractivity contribution >= 4 is 17.2 Å². The first-order chi connectivity index (χ1) is 9.58. The lowest BCUT2D eigenvalue weighted by molar-refractivity contribution is 0.0942. The maximum atomic E-state index is 12.2. The molecule has 20 heavy (non-hydrogen) atoms. The molecule has 4 heteroatoms. The molecule has 1 aromatic carbocycles. The van der Waals surface area contributed by atoms with Crippen molar-refractivity contribution in [2.75, 3.05) is 20.6 Å². The first-order valence-electron chi connectivity index (χ1n) is 6.61. The van der Waals surface area contributed by atoms with Crippen LogP contribution in [0.3, 0.4) is 0 Å². The predicted octanol–water partition coefficient (Wildman–Crippen LogP) is 3.09. The van der Waals surface area contributed by atoms with Crippen LogP contribution in [0.2, 0.25) is 0 Å². The second kappa shape index (κ2) is 6.68. The molecule has 1 atom stereocenters. The fraction of sp³-hybridized carbons (Fsp3) is 0.312. The van der Waals surface area contributed by atoms with E-state index >= 15 is 0 Å². The molecular weight excluding hydrogens is 268 g/mol. The van der Waals surface area contributed by atoms with Crippen LogP contribution >= 0.6 is 11.3 Å². The first kappa shape index (κ1) is 14.8. The van der Waals surface area contributed by atoms with Crippen molar-refractivity contribution in [3.8, 4) is 0 Å². The Hall–Kier alpha value is -1.65. The van der Waals surface area contributed by atoms with Crippen molar-refractivity contribution < 1.29 is 4.79 Å². The average Bonchev–Trinajstić information content (AvgIpc) is 2.92. The minimum Gasteiger partial charge on any atom is -0.350 e. The second-order valence-electron chi connectivity index (χ2n) is 5.12. The molecule has 2 rings (SSSR count). The van der Waals surface area contributed by atoms with Crippen LogP contribution in [-0.2, 0) is 0 Å². The number of rotatable bonds is 5. The molecular formula is C16H20N2OS. The van der Waals surface area contributed by atoms with Gasteiger partial charge in [0.15, 0.2) is 0 Å². The Morgan fingerprint density at radius 3 is 2.75 bits per heavy atom. The van der Waals surface area contributed by atoms with E-state index in [4.69, 9.17) is 0 Å². The number of hydrogen-bond donors (Lipinski definition) is 1. The maximum absolute atomic E-state index is 12.2. The van der Waals surface area contributed by atoms with Gasteiger partial charge in [0, 0.05) is 12.1 Å². The third-order valence-corrected chi connectivity index (χ3v) is 3.99. The van der Waals surface area contributed by atoms with Crippen LogP contribution in [0.5, 0.6) is 0 Å². The van der Waals surface area contributed by atoms with Crippen LogP contribution in [-0.4, -0.2) is 31.4 Å². The lowest BCUT2D eigenvalue weighted by atomic mass is 10.1. The second-order valence-corrected chi connectivity index (χ2v) is 5.90. The number of nitrogens with zero attached hydrogens (tertiary/aromatic N) is 1.